The third-order valence-electron chi connectivity index (χ3n) is 2.45. The van der Waals surface area contributed by atoms with Gasteiger partial charge in [0.1, 0.15) is 0 Å². The van der Waals surface area contributed by atoms with E-state index in [-0.39, 0.29) is 12.5 Å². The van der Waals surface area contributed by atoms with Gasteiger partial charge in [-0.25, -0.2) is 4.79 Å². The van der Waals surface area contributed by atoms with Crippen LogP contribution in [0.5, 0.6) is 0 Å². The summed E-state index contributed by atoms with van der Waals surface area (Å²) in [7, 11) is 1.36. The van der Waals surface area contributed by atoms with E-state index < -0.39 is 5.97 Å². The van der Waals surface area contributed by atoms with Crippen LogP contribution in [-0.4, -0.2) is 66.8 Å². The van der Waals surface area contributed by atoms with E-state index in [0.29, 0.717) is 32.7 Å². The molecule has 0 atom stereocenters. The lowest BCUT2D eigenvalue weighted by atomic mass is 10.3. The number of rotatable bonds is 3. The highest BCUT2D eigenvalue weighted by Gasteiger charge is 2.21. The largest absolute Gasteiger partial charge is 0.481 e. The van der Waals surface area contributed by atoms with Gasteiger partial charge in [0.2, 0.25) is 0 Å². The van der Waals surface area contributed by atoms with Crippen molar-refractivity contribution in [3.63, 3.8) is 0 Å². The second-order valence-electron chi connectivity index (χ2n) is 3.44. The van der Waals surface area contributed by atoms with Gasteiger partial charge in [0.15, 0.2) is 0 Å². The first kappa shape index (κ1) is 11.8. The van der Waals surface area contributed by atoms with Gasteiger partial charge in [-0.2, -0.15) is 0 Å². The summed E-state index contributed by atoms with van der Waals surface area (Å²) in [6, 6.07) is 0. The van der Waals surface area contributed by atoms with E-state index in [2.05, 4.69) is 4.74 Å². The number of hydrogen-bond donors (Lipinski definition) is 1. The molecule has 1 aliphatic heterocycles. The topological polar surface area (TPSA) is 70.1 Å². The summed E-state index contributed by atoms with van der Waals surface area (Å²) in [6.07, 6.45) is -0.161. The summed E-state index contributed by atoms with van der Waals surface area (Å²) in [5.41, 5.74) is 0. The van der Waals surface area contributed by atoms with Gasteiger partial charge in [0.25, 0.3) is 0 Å². The average molecular weight is 216 g/mol. The summed E-state index contributed by atoms with van der Waals surface area (Å²) in [5.74, 6) is -0.787. The Hall–Kier alpha value is -1.30. The van der Waals surface area contributed by atoms with Crippen molar-refractivity contribution in [1.29, 1.82) is 0 Å². The number of nitrogens with zero attached hydrogens (tertiary/aromatic N) is 2. The molecule has 0 aromatic heterocycles. The highest BCUT2D eigenvalue weighted by atomic mass is 16.5. The van der Waals surface area contributed by atoms with Gasteiger partial charge in [-0.15, -0.1) is 0 Å². The molecule has 6 nitrogen and oxygen atoms in total. The van der Waals surface area contributed by atoms with Crippen molar-refractivity contribution in [3.05, 3.63) is 0 Å². The minimum atomic E-state index is -0.787. The van der Waals surface area contributed by atoms with Gasteiger partial charge in [-0.05, 0) is 0 Å². The predicted octanol–water partition coefficient (Wildman–Crippen LogP) is -0.155. The smallest absolute Gasteiger partial charge is 0.409 e. The van der Waals surface area contributed by atoms with Gasteiger partial charge >= 0.3 is 12.1 Å². The molecule has 1 aliphatic rings. The fourth-order valence-electron chi connectivity index (χ4n) is 1.54. The van der Waals surface area contributed by atoms with E-state index in [1.165, 1.54) is 7.11 Å². The van der Waals surface area contributed by atoms with Crippen molar-refractivity contribution >= 4 is 12.1 Å². The molecule has 86 valence electrons. The normalized spacial score (nSPS) is 17.5. The molecule has 0 aromatic rings. The third kappa shape index (κ3) is 3.75. The number of amides is 1. The average Bonchev–Trinajstić information content (AvgIpc) is 2.26. The minimum Gasteiger partial charge on any atom is -0.481 e. The Kier molecular flexibility index (Phi) is 4.36. The monoisotopic (exact) mass is 216 g/mol. The molecule has 0 aromatic carbocycles. The molecule has 1 N–H and O–H groups in total. The molecule has 0 aliphatic carbocycles. The van der Waals surface area contributed by atoms with E-state index in [1.54, 1.807) is 4.90 Å². The van der Waals surface area contributed by atoms with E-state index in [9.17, 15) is 9.59 Å². The summed E-state index contributed by atoms with van der Waals surface area (Å²) in [4.78, 5) is 25.1. The number of carboxylic acids is 1. The number of hydrogen-bond acceptors (Lipinski definition) is 4. The molecule has 0 saturated carbocycles. The first-order valence-corrected chi connectivity index (χ1v) is 4.90. The fourth-order valence-corrected chi connectivity index (χ4v) is 1.54. The molecule has 15 heavy (non-hydrogen) atoms. The third-order valence-corrected chi connectivity index (χ3v) is 2.45. The molecule has 0 spiro atoms. The molecule has 0 radical (unpaired) electrons. The quantitative estimate of drug-likeness (QED) is 0.710. The Bertz CT molecular complexity index is 236. The van der Waals surface area contributed by atoms with Crippen LogP contribution in [0.4, 0.5) is 4.79 Å². The number of carbonyl (C=O) groups is 2. The number of carbonyl (C=O) groups excluding carboxylic acids is 1. The molecular weight excluding hydrogens is 200 g/mol. The molecule has 1 amide bonds. The highest BCUT2D eigenvalue weighted by Crippen LogP contribution is 2.03. The summed E-state index contributed by atoms with van der Waals surface area (Å²) in [6.45, 7) is 3.17. The van der Waals surface area contributed by atoms with Gasteiger partial charge in [0.05, 0.1) is 13.5 Å². The molecule has 1 heterocycles. The first-order valence-electron chi connectivity index (χ1n) is 4.90. The Balaban J connectivity index is 2.23. The van der Waals surface area contributed by atoms with Crippen LogP contribution < -0.4 is 0 Å². The van der Waals surface area contributed by atoms with Gasteiger partial charge < -0.3 is 14.7 Å². The lowest BCUT2D eigenvalue weighted by Crippen LogP contribution is -2.49. The van der Waals surface area contributed by atoms with Gasteiger partial charge in [0, 0.05) is 32.7 Å². The fraction of sp³-hybridized carbons (Fsp3) is 0.778. The lowest BCUT2D eigenvalue weighted by molar-refractivity contribution is -0.137. The summed E-state index contributed by atoms with van der Waals surface area (Å²) < 4.78 is 4.60. The van der Waals surface area contributed by atoms with E-state index in [4.69, 9.17) is 5.11 Å². The van der Waals surface area contributed by atoms with Crippen molar-refractivity contribution in [2.45, 2.75) is 6.42 Å². The van der Waals surface area contributed by atoms with Crippen LogP contribution in [0.3, 0.4) is 0 Å². The number of piperazine rings is 1. The maximum atomic E-state index is 11.1. The Labute approximate surface area is 88.4 Å². The Morgan fingerprint density at radius 3 is 2.33 bits per heavy atom. The predicted molar refractivity (Wildman–Crippen MR) is 52.7 cm³/mol. The Morgan fingerprint density at radius 2 is 1.87 bits per heavy atom. The van der Waals surface area contributed by atoms with Crippen LogP contribution in [0.25, 0.3) is 0 Å². The van der Waals surface area contributed by atoms with Crippen LogP contribution in [0.2, 0.25) is 0 Å². The minimum absolute atomic E-state index is 0.151. The van der Waals surface area contributed by atoms with E-state index >= 15 is 0 Å². The zero-order chi connectivity index (χ0) is 11.3. The number of carboxylic acid groups (broad SMARTS) is 1. The highest BCUT2D eigenvalue weighted by molar-refractivity contribution is 5.67. The van der Waals surface area contributed by atoms with Crippen molar-refractivity contribution in [1.82, 2.24) is 9.80 Å². The van der Waals surface area contributed by atoms with Crippen LogP contribution in [-0.2, 0) is 9.53 Å². The van der Waals surface area contributed by atoms with Crippen molar-refractivity contribution < 1.29 is 19.4 Å². The van der Waals surface area contributed by atoms with Crippen LogP contribution in [0.15, 0.2) is 0 Å². The van der Waals surface area contributed by atoms with Crippen LogP contribution >= 0.6 is 0 Å². The second kappa shape index (κ2) is 5.55. The zero-order valence-electron chi connectivity index (χ0n) is 8.81. The maximum absolute atomic E-state index is 11.1. The van der Waals surface area contributed by atoms with E-state index in [1.807, 2.05) is 4.90 Å². The van der Waals surface area contributed by atoms with Crippen molar-refractivity contribution in [3.8, 4) is 0 Å². The standard InChI is InChI=1S/C9H16N2O4/c1-15-9(14)11-6-4-10(5-7-11)3-2-8(12)13/h2-7H2,1H3,(H,12,13). The Morgan fingerprint density at radius 1 is 1.27 bits per heavy atom. The van der Waals surface area contributed by atoms with Crippen molar-refractivity contribution in [2.75, 3.05) is 39.8 Å². The van der Waals surface area contributed by atoms with Gasteiger partial charge in [-0.1, -0.05) is 0 Å². The zero-order valence-corrected chi connectivity index (χ0v) is 8.81. The molecule has 1 fully saturated rings. The number of aliphatic carboxylic acids is 1. The number of methoxy groups -OCH3 is 1. The van der Waals surface area contributed by atoms with Crippen molar-refractivity contribution in [2.24, 2.45) is 0 Å². The summed E-state index contributed by atoms with van der Waals surface area (Å²) in [5, 5.41) is 8.51. The SMILES string of the molecule is COC(=O)N1CCN(CCC(=O)O)CC1. The first-order chi connectivity index (χ1) is 7.13. The summed E-state index contributed by atoms with van der Waals surface area (Å²) >= 11 is 0. The van der Waals surface area contributed by atoms with Crippen LogP contribution in [0.1, 0.15) is 6.42 Å². The molecule has 0 bridgehead atoms. The lowest BCUT2D eigenvalue weighted by Gasteiger charge is -2.33. The van der Waals surface area contributed by atoms with E-state index in [0.717, 1.165) is 0 Å². The second-order valence-corrected chi connectivity index (χ2v) is 3.44. The molecule has 0 unspecified atom stereocenters. The molecule has 1 rings (SSSR count). The molecule has 6 heteroatoms. The molecule has 1 saturated heterocycles. The maximum Gasteiger partial charge on any atom is 0.409 e. The van der Waals surface area contributed by atoms with Crippen LogP contribution in [0, 0.1) is 0 Å². The molecular formula is C9H16N2O4. The van der Waals surface area contributed by atoms with Gasteiger partial charge in [-0.3, -0.25) is 9.69 Å². The number of ether oxygens (including phenoxy) is 1.